The minimum absolute atomic E-state index is 0.216. The molecular formula is C14H18FN3. The molecule has 1 aliphatic heterocycles. The fourth-order valence-corrected chi connectivity index (χ4v) is 2.80. The summed E-state index contributed by atoms with van der Waals surface area (Å²) in [6, 6.07) is 5.22. The summed E-state index contributed by atoms with van der Waals surface area (Å²) < 4.78 is 15.5. The van der Waals surface area contributed by atoms with Gasteiger partial charge in [-0.3, -0.25) is 0 Å². The van der Waals surface area contributed by atoms with Crippen molar-refractivity contribution in [2.75, 3.05) is 13.1 Å². The summed E-state index contributed by atoms with van der Waals surface area (Å²) in [6.45, 7) is 6.31. The van der Waals surface area contributed by atoms with Gasteiger partial charge in [0.05, 0.1) is 11.0 Å². The topological polar surface area (TPSA) is 29.9 Å². The summed E-state index contributed by atoms with van der Waals surface area (Å²) in [4.78, 5) is 4.66. The van der Waals surface area contributed by atoms with Gasteiger partial charge in [-0.25, -0.2) is 9.37 Å². The van der Waals surface area contributed by atoms with Crippen LogP contribution in [0, 0.1) is 5.82 Å². The molecule has 0 amide bonds. The number of nitrogens with zero attached hydrogens (tertiary/aromatic N) is 2. The van der Waals surface area contributed by atoms with Gasteiger partial charge in [-0.15, -0.1) is 0 Å². The molecule has 0 radical (unpaired) electrons. The number of rotatable bonds is 2. The Bertz CT molecular complexity index is 568. The van der Waals surface area contributed by atoms with Crippen LogP contribution in [-0.4, -0.2) is 22.6 Å². The van der Waals surface area contributed by atoms with Crippen molar-refractivity contribution in [3.05, 3.63) is 29.8 Å². The Balaban J connectivity index is 2.19. The molecule has 3 nitrogen and oxygen atoms in total. The number of hydrogen-bond acceptors (Lipinski definition) is 2. The molecule has 96 valence electrons. The summed E-state index contributed by atoms with van der Waals surface area (Å²) in [5.41, 5.74) is 1.80. The second-order valence-corrected chi connectivity index (χ2v) is 5.26. The number of halogens is 1. The molecule has 18 heavy (non-hydrogen) atoms. The monoisotopic (exact) mass is 247 g/mol. The van der Waals surface area contributed by atoms with Crippen molar-refractivity contribution in [3.63, 3.8) is 0 Å². The van der Waals surface area contributed by atoms with Crippen molar-refractivity contribution in [2.24, 2.45) is 0 Å². The van der Waals surface area contributed by atoms with E-state index in [9.17, 15) is 4.39 Å². The largest absolute Gasteiger partial charge is 0.325 e. The highest BCUT2D eigenvalue weighted by Gasteiger charge is 2.24. The van der Waals surface area contributed by atoms with Crippen LogP contribution in [-0.2, 0) is 0 Å². The van der Waals surface area contributed by atoms with Gasteiger partial charge in [-0.05, 0) is 38.9 Å². The first-order chi connectivity index (χ1) is 8.66. The lowest BCUT2D eigenvalue weighted by Crippen LogP contribution is -2.14. The van der Waals surface area contributed by atoms with E-state index in [2.05, 4.69) is 28.7 Å². The molecule has 3 rings (SSSR count). The second kappa shape index (κ2) is 4.35. The van der Waals surface area contributed by atoms with Gasteiger partial charge >= 0.3 is 0 Å². The minimum atomic E-state index is -0.216. The van der Waals surface area contributed by atoms with Gasteiger partial charge in [0.1, 0.15) is 11.6 Å². The quantitative estimate of drug-likeness (QED) is 0.884. The highest BCUT2D eigenvalue weighted by molar-refractivity contribution is 5.76. The van der Waals surface area contributed by atoms with E-state index >= 15 is 0 Å². The van der Waals surface area contributed by atoms with Crippen molar-refractivity contribution in [1.82, 2.24) is 14.9 Å². The van der Waals surface area contributed by atoms with E-state index in [1.165, 1.54) is 12.1 Å². The van der Waals surface area contributed by atoms with Crippen LogP contribution in [0.5, 0.6) is 0 Å². The van der Waals surface area contributed by atoms with Crippen molar-refractivity contribution in [2.45, 2.75) is 32.2 Å². The Morgan fingerprint density at radius 1 is 1.44 bits per heavy atom. The lowest BCUT2D eigenvalue weighted by molar-refractivity contribution is 0.550. The summed E-state index contributed by atoms with van der Waals surface area (Å²) in [7, 11) is 0. The predicted molar refractivity (Wildman–Crippen MR) is 70.3 cm³/mol. The maximum absolute atomic E-state index is 13.3. The summed E-state index contributed by atoms with van der Waals surface area (Å²) in [5, 5.41) is 3.37. The van der Waals surface area contributed by atoms with Gasteiger partial charge < -0.3 is 9.88 Å². The minimum Gasteiger partial charge on any atom is -0.325 e. The highest BCUT2D eigenvalue weighted by atomic mass is 19.1. The molecule has 2 heterocycles. The number of fused-ring (bicyclic) bond motifs is 1. The van der Waals surface area contributed by atoms with Gasteiger partial charge in [-0.1, -0.05) is 0 Å². The van der Waals surface area contributed by atoms with Crippen molar-refractivity contribution in [1.29, 1.82) is 0 Å². The zero-order valence-electron chi connectivity index (χ0n) is 10.8. The normalized spacial score (nSPS) is 20.1. The maximum Gasteiger partial charge on any atom is 0.125 e. The highest BCUT2D eigenvalue weighted by Crippen LogP contribution is 2.29. The molecule has 1 aromatic heterocycles. The van der Waals surface area contributed by atoms with Crippen LogP contribution in [0.25, 0.3) is 11.0 Å². The first kappa shape index (κ1) is 11.7. The van der Waals surface area contributed by atoms with E-state index in [0.717, 1.165) is 36.4 Å². The van der Waals surface area contributed by atoms with Crippen LogP contribution < -0.4 is 5.32 Å². The number of imidazole rings is 1. The Kier molecular flexibility index (Phi) is 2.82. The van der Waals surface area contributed by atoms with Gasteiger partial charge in [0.2, 0.25) is 0 Å². The number of nitrogens with one attached hydrogen (secondary N) is 1. The van der Waals surface area contributed by atoms with E-state index in [-0.39, 0.29) is 5.82 Å². The van der Waals surface area contributed by atoms with E-state index < -0.39 is 0 Å². The lowest BCUT2D eigenvalue weighted by atomic mass is 10.1. The zero-order valence-corrected chi connectivity index (χ0v) is 10.8. The van der Waals surface area contributed by atoms with Gasteiger partial charge in [-0.2, -0.15) is 0 Å². The Labute approximate surface area is 106 Å². The number of aromatic nitrogens is 2. The molecule has 1 aromatic carbocycles. The van der Waals surface area contributed by atoms with Crippen LogP contribution in [0.1, 0.15) is 38.1 Å². The standard InChI is InChI=1S/C14H18FN3/c1-9(2)18-13-4-3-11(15)7-12(13)17-14(18)10-5-6-16-8-10/h3-4,7,9-10,16H,5-6,8H2,1-2H3. The maximum atomic E-state index is 13.3. The fraction of sp³-hybridized carbons (Fsp3) is 0.500. The number of hydrogen-bond donors (Lipinski definition) is 1. The molecule has 2 aromatic rings. The van der Waals surface area contributed by atoms with Crippen LogP contribution in [0.2, 0.25) is 0 Å². The van der Waals surface area contributed by atoms with Crippen molar-refractivity contribution < 1.29 is 4.39 Å². The van der Waals surface area contributed by atoms with Crippen molar-refractivity contribution >= 4 is 11.0 Å². The lowest BCUT2D eigenvalue weighted by Gasteiger charge is -2.16. The summed E-state index contributed by atoms with van der Waals surface area (Å²) in [5.74, 6) is 1.32. The molecular weight excluding hydrogens is 229 g/mol. The van der Waals surface area contributed by atoms with E-state index in [1.807, 2.05) is 6.07 Å². The first-order valence-electron chi connectivity index (χ1n) is 6.55. The molecule has 0 aliphatic carbocycles. The molecule has 1 saturated heterocycles. The Morgan fingerprint density at radius 3 is 2.94 bits per heavy atom. The molecule has 4 heteroatoms. The van der Waals surface area contributed by atoms with Gasteiger partial charge in [0, 0.05) is 24.6 Å². The predicted octanol–water partition coefficient (Wildman–Crippen LogP) is 2.83. The van der Waals surface area contributed by atoms with E-state index in [0.29, 0.717) is 12.0 Å². The summed E-state index contributed by atoms with van der Waals surface area (Å²) >= 11 is 0. The summed E-state index contributed by atoms with van der Waals surface area (Å²) in [6.07, 6.45) is 1.11. The molecule has 1 N–H and O–H groups in total. The Morgan fingerprint density at radius 2 is 2.28 bits per heavy atom. The van der Waals surface area contributed by atoms with Crippen LogP contribution in [0.3, 0.4) is 0 Å². The van der Waals surface area contributed by atoms with Crippen LogP contribution in [0.4, 0.5) is 4.39 Å². The Hall–Kier alpha value is -1.42. The molecule has 0 bridgehead atoms. The van der Waals surface area contributed by atoms with E-state index in [4.69, 9.17) is 0 Å². The SMILES string of the molecule is CC(C)n1c(C2CCNC2)nc2cc(F)ccc21. The zero-order chi connectivity index (χ0) is 12.7. The third-order valence-electron chi connectivity index (χ3n) is 3.62. The third-order valence-corrected chi connectivity index (χ3v) is 3.62. The van der Waals surface area contributed by atoms with Crippen molar-refractivity contribution in [3.8, 4) is 0 Å². The van der Waals surface area contributed by atoms with Crippen LogP contribution >= 0.6 is 0 Å². The van der Waals surface area contributed by atoms with E-state index in [1.54, 1.807) is 0 Å². The second-order valence-electron chi connectivity index (χ2n) is 5.26. The average molecular weight is 247 g/mol. The molecule has 1 aliphatic rings. The fourth-order valence-electron chi connectivity index (χ4n) is 2.80. The molecule has 0 saturated carbocycles. The van der Waals surface area contributed by atoms with Gasteiger partial charge in [0.15, 0.2) is 0 Å². The molecule has 1 fully saturated rings. The molecule has 1 atom stereocenters. The third kappa shape index (κ3) is 1.81. The molecule has 0 spiro atoms. The van der Waals surface area contributed by atoms with Gasteiger partial charge in [0.25, 0.3) is 0 Å². The number of benzene rings is 1. The average Bonchev–Trinajstić information content (AvgIpc) is 2.93. The first-order valence-corrected chi connectivity index (χ1v) is 6.55. The molecule has 1 unspecified atom stereocenters. The smallest absolute Gasteiger partial charge is 0.125 e. The van der Waals surface area contributed by atoms with Crippen LogP contribution in [0.15, 0.2) is 18.2 Å².